The molecule has 1 aliphatic rings. The summed E-state index contributed by atoms with van der Waals surface area (Å²) in [6.07, 6.45) is 3.93. The fourth-order valence-electron chi connectivity index (χ4n) is 3.70. The molecule has 0 unspecified atom stereocenters. The van der Waals surface area contributed by atoms with Gasteiger partial charge in [-0.3, -0.25) is 4.90 Å². The van der Waals surface area contributed by atoms with Crippen molar-refractivity contribution >= 4 is 28.7 Å². The lowest BCUT2D eigenvalue weighted by atomic mass is 10.2. The number of nitrogens with zero attached hydrogens (tertiary/aromatic N) is 4. The highest BCUT2D eigenvalue weighted by Crippen LogP contribution is 2.35. The number of aromatic nitrogens is 1. The van der Waals surface area contributed by atoms with Crippen LogP contribution in [0.1, 0.15) is 0 Å². The number of phenols is 1. The van der Waals surface area contributed by atoms with Gasteiger partial charge in [0.25, 0.3) is 0 Å². The largest absolute Gasteiger partial charge is 0.506 e. The Morgan fingerprint density at radius 1 is 0.645 bits per heavy atom. The molecule has 31 heavy (non-hydrogen) atoms. The average molecular weight is 406 g/mol. The van der Waals surface area contributed by atoms with Crippen LogP contribution in [0.25, 0.3) is 0 Å². The molecule has 1 N–H and O–H groups in total. The van der Waals surface area contributed by atoms with Crippen LogP contribution < -0.4 is 14.7 Å². The van der Waals surface area contributed by atoms with E-state index in [0.717, 1.165) is 28.7 Å². The third-order valence-electron chi connectivity index (χ3n) is 5.19. The molecular formula is C26H22N4O. The first-order valence-electron chi connectivity index (χ1n) is 10.2. The molecule has 0 amide bonds. The van der Waals surface area contributed by atoms with E-state index in [9.17, 15) is 5.11 Å². The van der Waals surface area contributed by atoms with Gasteiger partial charge in [0.2, 0.25) is 0 Å². The normalized spacial score (nSPS) is 12.9. The zero-order valence-electron chi connectivity index (χ0n) is 16.9. The quantitative estimate of drug-likeness (QED) is 0.439. The van der Waals surface area contributed by atoms with Crippen LogP contribution in [0, 0.1) is 0 Å². The van der Waals surface area contributed by atoms with E-state index in [2.05, 4.69) is 34.1 Å². The van der Waals surface area contributed by atoms with E-state index < -0.39 is 0 Å². The molecule has 1 aliphatic heterocycles. The zero-order valence-corrected chi connectivity index (χ0v) is 16.9. The molecule has 2 heterocycles. The number of phenolic OH excluding ortho intramolecular Hbond substituents is 1. The molecule has 0 fully saturated rings. The van der Waals surface area contributed by atoms with Crippen molar-refractivity contribution in [1.29, 1.82) is 0 Å². The van der Waals surface area contributed by atoms with Crippen LogP contribution in [0.15, 0.2) is 116 Å². The van der Waals surface area contributed by atoms with Crippen LogP contribution in [-0.2, 0) is 0 Å². The van der Waals surface area contributed by atoms with Crippen molar-refractivity contribution in [2.45, 2.75) is 0 Å². The molecule has 0 radical (unpaired) electrons. The first-order valence-corrected chi connectivity index (χ1v) is 10.2. The Morgan fingerprint density at radius 3 is 1.94 bits per heavy atom. The second-order valence-corrected chi connectivity index (χ2v) is 7.23. The number of hydrogen-bond acceptors (Lipinski definition) is 5. The number of anilines is 5. The number of hydrogen-bond donors (Lipinski definition) is 1. The van der Waals surface area contributed by atoms with Gasteiger partial charge < -0.3 is 14.9 Å². The van der Waals surface area contributed by atoms with Crippen LogP contribution in [0.3, 0.4) is 0 Å². The van der Waals surface area contributed by atoms with Crippen LogP contribution in [-0.4, -0.2) is 16.8 Å². The Hall–Kier alpha value is -4.25. The summed E-state index contributed by atoms with van der Waals surface area (Å²) in [6.45, 7) is 0.574. The van der Waals surface area contributed by atoms with Gasteiger partial charge >= 0.3 is 0 Å². The van der Waals surface area contributed by atoms with Gasteiger partial charge in [-0.2, -0.15) is 0 Å². The van der Waals surface area contributed by atoms with Crippen molar-refractivity contribution in [3.05, 3.63) is 116 Å². The van der Waals surface area contributed by atoms with Gasteiger partial charge in [-0.05, 0) is 48.5 Å². The molecule has 3 aromatic carbocycles. The van der Waals surface area contributed by atoms with E-state index in [1.807, 2.05) is 90.1 Å². The lowest BCUT2D eigenvalue weighted by Gasteiger charge is -2.26. The highest BCUT2D eigenvalue weighted by molar-refractivity contribution is 5.75. The molecular weight excluding hydrogens is 384 g/mol. The Bertz CT molecular complexity index is 1150. The minimum atomic E-state index is 0.259. The SMILES string of the molecule is Oc1ccccc1N1C=CN(c2cccc(N(c3ccccc3)c3ccccc3)n2)C1. The molecule has 152 valence electrons. The maximum atomic E-state index is 10.2. The predicted octanol–water partition coefficient (Wildman–Crippen LogP) is 6.01. The van der Waals surface area contributed by atoms with E-state index in [1.165, 1.54) is 0 Å². The smallest absolute Gasteiger partial charge is 0.140 e. The van der Waals surface area contributed by atoms with Gasteiger partial charge in [-0.1, -0.05) is 54.6 Å². The van der Waals surface area contributed by atoms with Crippen LogP contribution >= 0.6 is 0 Å². The lowest BCUT2D eigenvalue weighted by Crippen LogP contribution is -2.25. The summed E-state index contributed by atoms with van der Waals surface area (Å²) < 4.78 is 0. The number of aromatic hydroxyl groups is 1. The molecule has 0 spiro atoms. The minimum Gasteiger partial charge on any atom is -0.506 e. The van der Waals surface area contributed by atoms with Crippen molar-refractivity contribution in [1.82, 2.24) is 4.98 Å². The zero-order chi connectivity index (χ0) is 21.0. The summed E-state index contributed by atoms with van der Waals surface area (Å²) in [7, 11) is 0. The molecule has 0 saturated carbocycles. The van der Waals surface area contributed by atoms with Gasteiger partial charge in [-0.15, -0.1) is 0 Å². The number of rotatable bonds is 5. The van der Waals surface area contributed by atoms with E-state index >= 15 is 0 Å². The van der Waals surface area contributed by atoms with E-state index in [1.54, 1.807) is 6.07 Å². The fourth-order valence-corrected chi connectivity index (χ4v) is 3.70. The number of pyridine rings is 1. The Kier molecular flexibility index (Phi) is 4.99. The van der Waals surface area contributed by atoms with E-state index in [0.29, 0.717) is 6.67 Å². The molecule has 1 aromatic heterocycles. The molecule has 5 nitrogen and oxygen atoms in total. The first kappa shape index (κ1) is 18.8. The summed E-state index contributed by atoms with van der Waals surface area (Å²) in [6, 6.07) is 33.8. The minimum absolute atomic E-state index is 0.259. The topological polar surface area (TPSA) is 42.8 Å². The summed E-state index contributed by atoms with van der Waals surface area (Å²) >= 11 is 0. The van der Waals surface area contributed by atoms with Crippen molar-refractivity contribution in [3.63, 3.8) is 0 Å². The molecule has 0 atom stereocenters. The Balaban J connectivity index is 1.47. The summed E-state index contributed by atoms with van der Waals surface area (Å²) in [5.41, 5.74) is 2.87. The molecule has 5 rings (SSSR count). The molecule has 0 saturated heterocycles. The third kappa shape index (κ3) is 3.81. The molecule has 0 bridgehead atoms. The number of benzene rings is 3. The van der Waals surface area contributed by atoms with Gasteiger partial charge in [-0.25, -0.2) is 4.98 Å². The standard InChI is InChI=1S/C26H22N4O/c31-24-15-8-7-14-23(24)28-18-19-29(20-28)25-16-9-17-26(27-25)30(21-10-3-1-4-11-21)22-12-5-2-6-13-22/h1-19,31H,20H2. The maximum Gasteiger partial charge on any atom is 0.140 e. The molecule has 4 aromatic rings. The van der Waals surface area contributed by atoms with Crippen molar-refractivity contribution in [3.8, 4) is 5.75 Å². The Labute approximate surface area is 181 Å². The third-order valence-corrected chi connectivity index (χ3v) is 5.19. The monoisotopic (exact) mass is 406 g/mol. The summed E-state index contributed by atoms with van der Waals surface area (Å²) in [4.78, 5) is 11.2. The summed E-state index contributed by atoms with van der Waals surface area (Å²) in [5.74, 6) is 1.93. The highest BCUT2D eigenvalue weighted by Gasteiger charge is 2.20. The van der Waals surface area contributed by atoms with Crippen LogP contribution in [0.5, 0.6) is 5.75 Å². The van der Waals surface area contributed by atoms with E-state index in [4.69, 9.17) is 4.98 Å². The fraction of sp³-hybridized carbons (Fsp3) is 0.0385. The second kappa shape index (κ2) is 8.24. The van der Waals surface area contributed by atoms with Gasteiger partial charge in [0, 0.05) is 23.8 Å². The lowest BCUT2D eigenvalue weighted by molar-refractivity contribution is 0.475. The van der Waals surface area contributed by atoms with Gasteiger partial charge in [0.05, 0.1) is 5.69 Å². The van der Waals surface area contributed by atoms with Crippen molar-refractivity contribution < 1.29 is 5.11 Å². The van der Waals surface area contributed by atoms with Gasteiger partial charge in [0.15, 0.2) is 0 Å². The average Bonchev–Trinajstić information content (AvgIpc) is 3.31. The highest BCUT2D eigenvalue weighted by atomic mass is 16.3. The molecule has 5 heteroatoms. The molecule has 0 aliphatic carbocycles. The first-order chi connectivity index (χ1) is 15.3. The Morgan fingerprint density at radius 2 is 1.26 bits per heavy atom. The van der Waals surface area contributed by atoms with Crippen molar-refractivity contribution in [2.24, 2.45) is 0 Å². The van der Waals surface area contributed by atoms with Gasteiger partial charge in [0.1, 0.15) is 24.1 Å². The van der Waals surface area contributed by atoms with Crippen LogP contribution in [0.2, 0.25) is 0 Å². The number of para-hydroxylation sites is 4. The van der Waals surface area contributed by atoms with E-state index in [-0.39, 0.29) is 5.75 Å². The van der Waals surface area contributed by atoms with Crippen LogP contribution in [0.4, 0.5) is 28.7 Å². The maximum absolute atomic E-state index is 10.2. The predicted molar refractivity (Wildman–Crippen MR) is 126 cm³/mol. The van der Waals surface area contributed by atoms with Crippen molar-refractivity contribution in [2.75, 3.05) is 21.4 Å². The second-order valence-electron chi connectivity index (χ2n) is 7.23. The summed E-state index contributed by atoms with van der Waals surface area (Å²) in [5, 5.41) is 10.2.